The van der Waals surface area contributed by atoms with Gasteiger partial charge in [-0.2, -0.15) is 0 Å². The predicted octanol–water partition coefficient (Wildman–Crippen LogP) is 3.29. The smallest absolute Gasteiger partial charge is 0.251 e. The number of anilines is 1. The molecule has 0 heterocycles. The minimum atomic E-state index is -0.345. The molecule has 2 aromatic carbocycles. The van der Waals surface area contributed by atoms with Gasteiger partial charge in [0.2, 0.25) is 11.8 Å². The zero-order valence-corrected chi connectivity index (χ0v) is 17.2. The van der Waals surface area contributed by atoms with Gasteiger partial charge >= 0.3 is 0 Å². The summed E-state index contributed by atoms with van der Waals surface area (Å²) in [5, 5.41) is 8.35. The Labute approximate surface area is 177 Å². The molecule has 0 radical (unpaired) electrons. The lowest BCUT2D eigenvalue weighted by molar-refractivity contribution is -0.121. The Morgan fingerprint density at radius 2 is 1.63 bits per heavy atom. The second kappa shape index (κ2) is 11.1. The molecule has 0 aliphatic heterocycles. The largest absolute Gasteiger partial charge is 0.354 e. The maximum absolute atomic E-state index is 12.4. The van der Waals surface area contributed by atoms with Crippen LogP contribution in [0.25, 0.3) is 0 Å². The van der Waals surface area contributed by atoms with Crippen molar-refractivity contribution in [2.75, 3.05) is 18.4 Å². The van der Waals surface area contributed by atoms with E-state index in [-0.39, 0.29) is 30.2 Å². The lowest BCUT2D eigenvalue weighted by Crippen LogP contribution is -2.37. The van der Waals surface area contributed by atoms with Gasteiger partial charge < -0.3 is 16.0 Å². The minimum Gasteiger partial charge on any atom is -0.354 e. The predicted molar refractivity (Wildman–Crippen MR) is 117 cm³/mol. The Balaban J connectivity index is 1.43. The first-order chi connectivity index (χ1) is 14.6. The summed E-state index contributed by atoms with van der Waals surface area (Å²) < 4.78 is 0. The van der Waals surface area contributed by atoms with Gasteiger partial charge in [-0.1, -0.05) is 55.7 Å². The number of hydrogen-bond donors (Lipinski definition) is 3. The molecule has 6 heteroatoms. The van der Waals surface area contributed by atoms with E-state index in [4.69, 9.17) is 0 Å². The van der Waals surface area contributed by atoms with Gasteiger partial charge in [0.05, 0.1) is 6.54 Å². The fourth-order valence-corrected chi connectivity index (χ4v) is 3.66. The van der Waals surface area contributed by atoms with Crippen LogP contribution in [0.2, 0.25) is 0 Å². The Morgan fingerprint density at radius 1 is 0.867 bits per heavy atom. The molecule has 3 amide bonds. The Morgan fingerprint density at radius 3 is 2.40 bits per heavy atom. The third kappa shape index (κ3) is 6.72. The zero-order chi connectivity index (χ0) is 21.2. The molecule has 0 aromatic heterocycles. The zero-order valence-electron chi connectivity index (χ0n) is 17.2. The van der Waals surface area contributed by atoms with Crippen molar-refractivity contribution in [3.63, 3.8) is 0 Å². The summed E-state index contributed by atoms with van der Waals surface area (Å²) in [7, 11) is 0. The maximum Gasteiger partial charge on any atom is 0.251 e. The monoisotopic (exact) mass is 407 g/mol. The van der Waals surface area contributed by atoms with Crippen LogP contribution in [0.4, 0.5) is 5.69 Å². The van der Waals surface area contributed by atoms with Crippen molar-refractivity contribution in [3.8, 4) is 0 Å². The molecule has 3 N–H and O–H groups in total. The molecule has 0 spiro atoms. The Hall–Kier alpha value is -3.15. The van der Waals surface area contributed by atoms with E-state index in [2.05, 4.69) is 16.0 Å². The molecule has 3 rings (SSSR count). The molecule has 1 fully saturated rings. The van der Waals surface area contributed by atoms with E-state index in [1.54, 1.807) is 24.3 Å². The lowest BCUT2D eigenvalue weighted by atomic mass is 9.88. The van der Waals surface area contributed by atoms with Crippen molar-refractivity contribution in [1.82, 2.24) is 10.6 Å². The van der Waals surface area contributed by atoms with Crippen molar-refractivity contribution >= 4 is 23.4 Å². The molecule has 0 saturated heterocycles. The van der Waals surface area contributed by atoms with Crippen molar-refractivity contribution in [2.45, 2.75) is 38.5 Å². The third-order valence-electron chi connectivity index (χ3n) is 5.36. The maximum atomic E-state index is 12.4. The van der Waals surface area contributed by atoms with E-state index in [1.807, 2.05) is 30.3 Å². The fraction of sp³-hybridized carbons (Fsp3) is 0.375. The van der Waals surface area contributed by atoms with Crippen molar-refractivity contribution < 1.29 is 14.4 Å². The van der Waals surface area contributed by atoms with Crippen molar-refractivity contribution in [3.05, 3.63) is 65.7 Å². The van der Waals surface area contributed by atoms with Crippen molar-refractivity contribution in [1.29, 1.82) is 0 Å². The number of carbonyl (C=O) groups excluding carboxylic acids is 3. The molecule has 30 heavy (non-hydrogen) atoms. The summed E-state index contributed by atoms with van der Waals surface area (Å²) in [4.78, 5) is 36.8. The van der Waals surface area contributed by atoms with E-state index in [0.717, 1.165) is 37.7 Å². The molecule has 2 aromatic rings. The highest BCUT2D eigenvalue weighted by atomic mass is 16.2. The summed E-state index contributed by atoms with van der Waals surface area (Å²) in [5.41, 5.74) is 2.16. The molecule has 1 saturated carbocycles. The summed E-state index contributed by atoms with van der Waals surface area (Å²) in [6.07, 6.45) is 5.96. The molecule has 1 aliphatic carbocycles. The first-order valence-corrected chi connectivity index (χ1v) is 10.6. The van der Waals surface area contributed by atoms with Gasteiger partial charge in [-0.3, -0.25) is 14.4 Å². The third-order valence-corrected chi connectivity index (χ3v) is 5.36. The van der Waals surface area contributed by atoms with Crippen LogP contribution in [-0.2, 0) is 16.0 Å². The van der Waals surface area contributed by atoms with Gasteiger partial charge in [-0.15, -0.1) is 0 Å². The van der Waals surface area contributed by atoms with Gasteiger partial charge in [0.15, 0.2) is 0 Å². The average molecular weight is 408 g/mol. The van der Waals surface area contributed by atoms with Gasteiger partial charge in [0.1, 0.15) is 0 Å². The lowest BCUT2D eigenvalue weighted by Gasteiger charge is -2.20. The van der Waals surface area contributed by atoms with Crippen LogP contribution < -0.4 is 16.0 Å². The molecular weight excluding hydrogens is 378 g/mol. The van der Waals surface area contributed by atoms with E-state index < -0.39 is 0 Å². The number of nitrogens with one attached hydrogen (secondary N) is 3. The SMILES string of the molecule is O=C(CNC(=O)c1cccc(NC(=O)C2CCCCC2)c1)NCCc1ccccc1. The molecule has 0 bridgehead atoms. The highest BCUT2D eigenvalue weighted by molar-refractivity contribution is 5.99. The number of rotatable bonds is 8. The number of hydrogen-bond acceptors (Lipinski definition) is 3. The van der Waals surface area contributed by atoms with Gasteiger partial charge in [-0.25, -0.2) is 0 Å². The molecule has 0 unspecified atom stereocenters. The number of carbonyl (C=O) groups is 3. The Kier molecular flexibility index (Phi) is 8.01. The highest BCUT2D eigenvalue weighted by Crippen LogP contribution is 2.25. The number of benzene rings is 2. The number of amides is 3. The van der Waals surface area contributed by atoms with E-state index in [9.17, 15) is 14.4 Å². The van der Waals surface area contributed by atoms with Gasteiger partial charge in [-0.05, 0) is 43.0 Å². The summed E-state index contributed by atoms with van der Waals surface area (Å²) in [5.74, 6) is -0.510. The molecule has 158 valence electrons. The van der Waals surface area contributed by atoms with Crippen LogP contribution in [0, 0.1) is 5.92 Å². The second-order valence-electron chi connectivity index (χ2n) is 7.67. The van der Waals surface area contributed by atoms with Crippen molar-refractivity contribution in [2.24, 2.45) is 5.92 Å². The van der Waals surface area contributed by atoms with Crippen LogP contribution >= 0.6 is 0 Å². The van der Waals surface area contributed by atoms with E-state index >= 15 is 0 Å². The molecule has 6 nitrogen and oxygen atoms in total. The fourth-order valence-electron chi connectivity index (χ4n) is 3.66. The highest BCUT2D eigenvalue weighted by Gasteiger charge is 2.21. The first kappa shape index (κ1) is 21.6. The van der Waals surface area contributed by atoms with E-state index in [0.29, 0.717) is 17.8 Å². The van der Waals surface area contributed by atoms with Gasteiger partial charge in [0.25, 0.3) is 5.91 Å². The van der Waals surface area contributed by atoms with E-state index in [1.165, 1.54) is 6.42 Å². The van der Waals surface area contributed by atoms with Crippen LogP contribution in [0.15, 0.2) is 54.6 Å². The van der Waals surface area contributed by atoms with Crippen LogP contribution in [0.5, 0.6) is 0 Å². The molecule has 0 atom stereocenters. The summed E-state index contributed by atoms with van der Waals surface area (Å²) in [6, 6.07) is 16.7. The first-order valence-electron chi connectivity index (χ1n) is 10.6. The van der Waals surface area contributed by atoms with Crippen LogP contribution in [-0.4, -0.2) is 30.8 Å². The minimum absolute atomic E-state index is 0.0186. The quantitative estimate of drug-likeness (QED) is 0.627. The molecular formula is C24H29N3O3. The standard InChI is InChI=1S/C24H29N3O3/c28-22(25-15-14-18-8-3-1-4-9-18)17-26-23(29)20-12-7-13-21(16-20)27-24(30)19-10-5-2-6-11-19/h1,3-4,7-9,12-13,16,19H,2,5-6,10-11,14-15,17H2,(H,25,28)(H,26,29)(H,27,30). The summed E-state index contributed by atoms with van der Waals surface area (Å²) >= 11 is 0. The molecule has 1 aliphatic rings. The summed E-state index contributed by atoms with van der Waals surface area (Å²) in [6.45, 7) is 0.424. The topological polar surface area (TPSA) is 87.3 Å². The van der Waals surface area contributed by atoms with Crippen LogP contribution in [0.1, 0.15) is 48.0 Å². The average Bonchev–Trinajstić information content (AvgIpc) is 2.79. The van der Waals surface area contributed by atoms with Gasteiger partial charge in [0, 0.05) is 23.7 Å². The second-order valence-corrected chi connectivity index (χ2v) is 7.67. The normalized spacial score (nSPS) is 14.0. The van der Waals surface area contributed by atoms with Crippen LogP contribution in [0.3, 0.4) is 0 Å². The Bertz CT molecular complexity index is 861.